The fraction of sp³-hybridized carbons (Fsp3) is 0.294. The van der Waals surface area contributed by atoms with E-state index in [9.17, 15) is 13.2 Å². The third-order valence-corrected chi connectivity index (χ3v) is 3.76. The largest absolute Gasteiger partial charge is 0.484 e. The first-order valence-corrected chi connectivity index (χ1v) is 7.16. The van der Waals surface area contributed by atoms with Crippen molar-refractivity contribution in [3.63, 3.8) is 0 Å². The van der Waals surface area contributed by atoms with Crippen molar-refractivity contribution in [2.45, 2.75) is 18.7 Å². The van der Waals surface area contributed by atoms with Crippen LogP contribution in [0.2, 0.25) is 0 Å². The van der Waals surface area contributed by atoms with E-state index in [1.807, 2.05) is 18.2 Å². The molecule has 1 aliphatic rings. The molecule has 0 fully saturated rings. The molecular formula is C17H17BrF3NO. The van der Waals surface area contributed by atoms with Gasteiger partial charge in [0.25, 0.3) is 0 Å². The van der Waals surface area contributed by atoms with E-state index in [-0.39, 0.29) is 23.1 Å². The number of nitrogens with one attached hydrogen (secondary N) is 1. The number of ether oxygens (including phenoxy) is 1. The van der Waals surface area contributed by atoms with Crippen LogP contribution in [-0.2, 0) is 12.6 Å². The molecule has 3 rings (SSSR count). The maximum atomic E-state index is 12.6. The van der Waals surface area contributed by atoms with Gasteiger partial charge in [-0.3, -0.25) is 0 Å². The summed E-state index contributed by atoms with van der Waals surface area (Å²) in [5.41, 5.74) is 1.64. The van der Waals surface area contributed by atoms with E-state index in [2.05, 4.69) is 11.4 Å². The summed E-state index contributed by atoms with van der Waals surface area (Å²) in [6.45, 7) is 1.50. The maximum Gasteiger partial charge on any atom is 0.416 e. The molecule has 1 aliphatic heterocycles. The van der Waals surface area contributed by atoms with Crippen LogP contribution in [0.25, 0.3) is 0 Å². The minimum atomic E-state index is -4.32. The number of hydrogen-bond acceptors (Lipinski definition) is 2. The van der Waals surface area contributed by atoms with Crippen LogP contribution < -0.4 is 10.1 Å². The highest BCUT2D eigenvalue weighted by atomic mass is 79.9. The van der Waals surface area contributed by atoms with Gasteiger partial charge >= 0.3 is 6.18 Å². The van der Waals surface area contributed by atoms with Gasteiger partial charge in [0.15, 0.2) is 0 Å². The van der Waals surface area contributed by atoms with Gasteiger partial charge < -0.3 is 10.1 Å². The van der Waals surface area contributed by atoms with Gasteiger partial charge in [-0.1, -0.05) is 24.3 Å². The van der Waals surface area contributed by atoms with E-state index in [4.69, 9.17) is 4.74 Å². The highest BCUT2D eigenvalue weighted by Crippen LogP contribution is 2.32. The Morgan fingerprint density at radius 1 is 1.00 bits per heavy atom. The second-order valence-corrected chi connectivity index (χ2v) is 5.28. The molecule has 0 saturated heterocycles. The van der Waals surface area contributed by atoms with Crippen LogP contribution in [0.1, 0.15) is 22.8 Å². The Morgan fingerprint density at radius 3 is 2.39 bits per heavy atom. The Hall–Kier alpha value is -1.53. The van der Waals surface area contributed by atoms with Gasteiger partial charge in [0.1, 0.15) is 11.9 Å². The Bertz CT molecular complexity index is 643. The summed E-state index contributed by atoms with van der Waals surface area (Å²) in [5, 5.41) is 3.30. The van der Waals surface area contributed by atoms with Crippen molar-refractivity contribution >= 4 is 17.0 Å². The second-order valence-electron chi connectivity index (χ2n) is 5.28. The normalized spacial score (nSPS) is 17.6. The van der Waals surface area contributed by atoms with Crippen LogP contribution in [0.4, 0.5) is 13.2 Å². The van der Waals surface area contributed by atoms with Gasteiger partial charge in [0, 0.05) is 6.54 Å². The number of fused-ring (bicyclic) bond motifs is 1. The average molecular weight is 388 g/mol. The molecule has 0 spiro atoms. The number of hydrogen-bond donors (Lipinski definition) is 1. The first kappa shape index (κ1) is 17.8. The standard InChI is InChI=1S/C17H16F3NO.BrH/c18-17(19,20)13-5-7-14(8-6-13)22-16-11-21-10-9-12-3-1-2-4-15(12)16;/h1-8,16,21H,9-11H2;1H. The molecule has 0 aliphatic carbocycles. The highest BCUT2D eigenvalue weighted by Gasteiger charge is 2.30. The third kappa shape index (κ3) is 4.26. The van der Waals surface area contributed by atoms with Crippen molar-refractivity contribution in [3.05, 3.63) is 65.2 Å². The SMILES string of the molecule is Br.FC(F)(F)c1ccc(OC2CNCCc3ccccc32)cc1. The van der Waals surface area contributed by atoms with Gasteiger partial charge in [0.2, 0.25) is 0 Å². The van der Waals surface area contributed by atoms with Crippen LogP contribution in [-0.4, -0.2) is 13.1 Å². The van der Waals surface area contributed by atoms with E-state index in [1.165, 1.54) is 17.7 Å². The van der Waals surface area contributed by atoms with E-state index < -0.39 is 11.7 Å². The Balaban J connectivity index is 0.00000192. The molecule has 124 valence electrons. The van der Waals surface area contributed by atoms with Gasteiger partial charge in [-0.2, -0.15) is 13.2 Å². The number of halogens is 4. The van der Waals surface area contributed by atoms with Crippen molar-refractivity contribution in [2.24, 2.45) is 0 Å². The molecule has 0 bridgehead atoms. The predicted molar refractivity (Wildman–Crippen MR) is 88.2 cm³/mol. The van der Waals surface area contributed by atoms with Crippen molar-refractivity contribution in [1.29, 1.82) is 0 Å². The van der Waals surface area contributed by atoms with E-state index >= 15 is 0 Å². The van der Waals surface area contributed by atoms with Crippen molar-refractivity contribution in [1.82, 2.24) is 5.32 Å². The predicted octanol–water partition coefficient (Wildman–Crippen LogP) is 4.55. The van der Waals surface area contributed by atoms with E-state index in [0.29, 0.717) is 12.3 Å². The average Bonchev–Trinajstić information content (AvgIpc) is 2.70. The summed E-state index contributed by atoms with van der Waals surface area (Å²) >= 11 is 0. The summed E-state index contributed by atoms with van der Waals surface area (Å²) < 4.78 is 43.6. The van der Waals surface area contributed by atoms with Gasteiger partial charge in [-0.15, -0.1) is 17.0 Å². The van der Waals surface area contributed by atoms with Crippen LogP contribution in [0.5, 0.6) is 5.75 Å². The molecule has 0 amide bonds. The zero-order valence-corrected chi connectivity index (χ0v) is 14.0. The smallest absolute Gasteiger partial charge is 0.416 e. The van der Waals surface area contributed by atoms with Gasteiger partial charge in [-0.05, 0) is 48.4 Å². The summed E-state index contributed by atoms with van der Waals surface area (Å²) in [4.78, 5) is 0. The van der Waals surface area contributed by atoms with E-state index in [1.54, 1.807) is 0 Å². The number of rotatable bonds is 2. The quantitative estimate of drug-likeness (QED) is 0.815. The van der Waals surface area contributed by atoms with Crippen LogP contribution in [0.3, 0.4) is 0 Å². The number of alkyl halides is 3. The van der Waals surface area contributed by atoms with Crippen LogP contribution >= 0.6 is 17.0 Å². The summed E-state index contributed by atoms with van der Waals surface area (Å²) in [6, 6.07) is 12.8. The van der Waals surface area contributed by atoms with Crippen molar-refractivity contribution in [2.75, 3.05) is 13.1 Å². The Morgan fingerprint density at radius 2 is 1.70 bits per heavy atom. The molecule has 0 saturated carbocycles. The fourth-order valence-electron chi connectivity index (χ4n) is 2.63. The van der Waals surface area contributed by atoms with Crippen molar-refractivity contribution in [3.8, 4) is 5.75 Å². The topological polar surface area (TPSA) is 21.3 Å². The highest BCUT2D eigenvalue weighted by molar-refractivity contribution is 8.93. The molecule has 0 radical (unpaired) electrons. The lowest BCUT2D eigenvalue weighted by atomic mass is 10.0. The molecule has 1 heterocycles. The molecule has 2 aromatic rings. The zero-order valence-electron chi connectivity index (χ0n) is 12.3. The zero-order chi connectivity index (χ0) is 15.6. The van der Waals surface area contributed by atoms with E-state index in [0.717, 1.165) is 30.7 Å². The van der Waals surface area contributed by atoms with Gasteiger partial charge in [0.05, 0.1) is 5.56 Å². The lowest BCUT2D eigenvalue weighted by molar-refractivity contribution is -0.137. The maximum absolute atomic E-state index is 12.6. The summed E-state index contributed by atoms with van der Waals surface area (Å²) in [7, 11) is 0. The lowest BCUT2D eigenvalue weighted by Gasteiger charge is -2.20. The molecule has 1 unspecified atom stereocenters. The number of benzene rings is 2. The fourth-order valence-corrected chi connectivity index (χ4v) is 2.63. The molecule has 1 atom stereocenters. The van der Waals surface area contributed by atoms with Crippen LogP contribution in [0, 0.1) is 0 Å². The minimum absolute atomic E-state index is 0. The summed E-state index contributed by atoms with van der Waals surface area (Å²) in [5.74, 6) is 0.441. The second kappa shape index (κ2) is 7.36. The molecule has 2 nitrogen and oxygen atoms in total. The van der Waals surface area contributed by atoms with Crippen LogP contribution in [0.15, 0.2) is 48.5 Å². The molecule has 23 heavy (non-hydrogen) atoms. The summed E-state index contributed by atoms with van der Waals surface area (Å²) in [6.07, 6.45) is -3.60. The first-order chi connectivity index (χ1) is 10.5. The Labute approximate surface area is 143 Å². The Kier molecular flexibility index (Phi) is 5.70. The molecule has 6 heteroatoms. The lowest BCUT2D eigenvalue weighted by Crippen LogP contribution is -2.23. The minimum Gasteiger partial charge on any atom is -0.484 e. The molecule has 2 aromatic carbocycles. The molecular weight excluding hydrogens is 371 g/mol. The third-order valence-electron chi connectivity index (χ3n) is 3.76. The molecule has 0 aromatic heterocycles. The monoisotopic (exact) mass is 387 g/mol. The first-order valence-electron chi connectivity index (χ1n) is 7.16. The van der Waals surface area contributed by atoms with Gasteiger partial charge in [-0.25, -0.2) is 0 Å². The molecule has 1 N–H and O–H groups in total. The van der Waals surface area contributed by atoms with Crippen molar-refractivity contribution < 1.29 is 17.9 Å².